The monoisotopic (exact) mass is 300 g/mol. The predicted molar refractivity (Wildman–Crippen MR) is 79.0 cm³/mol. The second-order valence-corrected chi connectivity index (χ2v) is 7.36. The zero-order valence-electron chi connectivity index (χ0n) is 12.0. The fourth-order valence-electron chi connectivity index (χ4n) is 1.99. The van der Waals surface area contributed by atoms with E-state index in [-0.39, 0.29) is 5.75 Å². The maximum atomic E-state index is 11.8. The number of nitrogens with zero attached hydrogens (tertiary/aromatic N) is 2. The first-order chi connectivity index (χ1) is 9.55. The molecule has 114 valence electrons. The van der Waals surface area contributed by atoms with Crippen LogP contribution < -0.4 is 10.0 Å². The lowest BCUT2D eigenvalue weighted by Crippen LogP contribution is -2.30. The Balaban J connectivity index is 1.55. The first-order valence-electron chi connectivity index (χ1n) is 7.25. The Morgan fingerprint density at radius 1 is 1.35 bits per heavy atom. The van der Waals surface area contributed by atoms with E-state index in [1.54, 1.807) is 10.9 Å². The molecular weight excluding hydrogens is 276 g/mol. The first kappa shape index (κ1) is 15.5. The molecule has 2 rings (SSSR count). The highest BCUT2D eigenvalue weighted by molar-refractivity contribution is 7.89. The van der Waals surface area contributed by atoms with Crippen LogP contribution >= 0.6 is 0 Å². The van der Waals surface area contributed by atoms with Gasteiger partial charge in [-0.2, -0.15) is 5.10 Å². The summed E-state index contributed by atoms with van der Waals surface area (Å²) < 4.78 is 27.9. The van der Waals surface area contributed by atoms with Crippen LogP contribution in [0.4, 0.5) is 0 Å². The smallest absolute Gasteiger partial charge is 0.211 e. The van der Waals surface area contributed by atoms with Crippen molar-refractivity contribution >= 4 is 10.0 Å². The summed E-state index contributed by atoms with van der Waals surface area (Å²) in [5.41, 5.74) is 1.08. The first-order valence-corrected chi connectivity index (χ1v) is 8.90. The van der Waals surface area contributed by atoms with E-state index in [1.165, 1.54) is 12.8 Å². The van der Waals surface area contributed by atoms with Gasteiger partial charge in [-0.25, -0.2) is 13.1 Å². The van der Waals surface area contributed by atoms with Gasteiger partial charge in [-0.1, -0.05) is 0 Å². The molecule has 2 N–H and O–H groups in total. The van der Waals surface area contributed by atoms with Gasteiger partial charge in [0.15, 0.2) is 0 Å². The molecular formula is C13H24N4O2S. The summed E-state index contributed by atoms with van der Waals surface area (Å²) in [4.78, 5) is 0. The minimum absolute atomic E-state index is 0.206. The summed E-state index contributed by atoms with van der Waals surface area (Å²) in [5.74, 6) is 0.206. The summed E-state index contributed by atoms with van der Waals surface area (Å²) in [6.45, 7) is 3.84. The van der Waals surface area contributed by atoms with E-state index >= 15 is 0 Å². The normalized spacial score (nSPS) is 15.7. The Bertz CT molecular complexity index is 508. The number of unbranched alkanes of at least 4 members (excludes halogenated alkanes) is 1. The van der Waals surface area contributed by atoms with E-state index < -0.39 is 10.0 Å². The summed E-state index contributed by atoms with van der Waals surface area (Å²) in [6, 6.07) is 0.697. The zero-order chi connectivity index (χ0) is 14.4. The number of sulfonamides is 1. The van der Waals surface area contributed by atoms with Crippen LogP contribution in [0.15, 0.2) is 12.4 Å². The lowest BCUT2D eigenvalue weighted by molar-refractivity contribution is 0.555. The van der Waals surface area contributed by atoms with E-state index in [0.717, 1.165) is 18.5 Å². The highest BCUT2D eigenvalue weighted by atomic mass is 32.2. The van der Waals surface area contributed by atoms with Gasteiger partial charge in [-0.05, 0) is 44.7 Å². The maximum absolute atomic E-state index is 11.8. The Morgan fingerprint density at radius 3 is 2.80 bits per heavy atom. The molecule has 1 fully saturated rings. The van der Waals surface area contributed by atoms with Gasteiger partial charge >= 0.3 is 0 Å². The fourth-order valence-corrected chi connectivity index (χ4v) is 3.12. The lowest BCUT2D eigenvalue weighted by atomic mass is 10.3. The highest BCUT2D eigenvalue weighted by Gasteiger charge is 2.19. The third-order valence-corrected chi connectivity index (χ3v) is 4.75. The molecule has 1 saturated carbocycles. The molecule has 0 aromatic carbocycles. The molecule has 1 aromatic heterocycles. The van der Waals surface area contributed by atoms with Gasteiger partial charge in [0.1, 0.15) is 0 Å². The van der Waals surface area contributed by atoms with Crippen LogP contribution in [0.25, 0.3) is 0 Å². The van der Waals surface area contributed by atoms with Crippen LogP contribution in [0, 0.1) is 6.92 Å². The molecule has 1 aliphatic rings. The van der Waals surface area contributed by atoms with Gasteiger partial charge in [0.05, 0.1) is 18.5 Å². The van der Waals surface area contributed by atoms with Crippen molar-refractivity contribution in [3.05, 3.63) is 18.0 Å². The van der Waals surface area contributed by atoms with Crippen molar-refractivity contribution in [2.45, 2.75) is 45.2 Å². The second-order valence-electron chi connectivity index (χ2n) is 5.43. The minimum atomic E-state index is -3.15. The summed E-state index contributed by atoms with van der Waals surface area (Å²) in [5, 5.41) is 7.50. The van der Waals surface area contributed by atoms with Crippen LogP contribution in [0.5, 0.6) is 0 Å². The molecule has 0 saturated heterocycles. The summed E-state index contributed by atoms with van der Waals surface area (Å²) in [7, 11) is -3.15. The van der Waals surface area contributed by atoms with Crippen molar-refractivity contribution in [3.8, 4) is 0 Å². The largest absolute Gasteiger partial charge is 0.314 e. The Hall–Kier alpha value is -0.920. The van der Waals surface area contributed by atoms with Crippen LogP contribution in [-0.2, 0) is 16.6 Å². The van der Waals surface area contributed by atoms with Crippen molar-refractivity contribution in [3.63, 3.8) is 0 Å². The van der Waals surface area contributed by atoms with Gasteiger partial charge in [0.25, 0.3) is 0 Å². The standard InChI is InChI=1S/C13H24N4O2S/c1-12-10-15-17(11-12)8-7-16-20(18,19)9-3-2-6-14-13-4-5-13/h10-11,13-14,16H,2-9H2,1H3. The molecule has 1 aliphatic carbocycles. The molecule has 0 atom stereocenters. The average Bonchev–Trinajstić information content (AvgIpc) is 3.11. The van der Waals surface area contributed by atoms with Crippen molar-refractivity contribution in [2.75, 3.05) is 18.8 Å². The fraction of sp³-hybridized carbons (Fsp3) is 0.769. The van der Waals surface area contributed by atoms with Crippen LogP contribution in [-0.4, -0.2) is 43.1 Å². The van der Waals surface area contributed by atoms with E-state index in [2.05, 4.69) is 15.1 Å². The molecule has 7 heteroatoms. The van der Waals surface area contributed by atoms with E-state index in [1.807, 2.05) is 13.1 Å². The van der Waals surface area contributed by atoms with Crippen molar-refractivity contribution in [1.82, 2.24) is 19.8 Å². The zero-order valence-corrected chi connectivity index (χ0v) is 12.8. The van der Waals surface area contributed by atoms with Crippen LogP contribution in [0.3, 0.4) is 0 Å². The third-order valence-electron chi connectivity index (χ3n) is 3.28. The second kappa shape index (κ2) is 7.19. The Kier molecular flexibility index (Phi) is 5.56. The summed E-state index contributed by atoms with van der Waals surface area (Å²) in [6.07, 6.45) is 7.82. The maximum Gasteiger partial charge on any atom is 0.211 e. The molecule has 0 spiro atoms. The Labute approximate surface area is 121 Å². The van der Waals surface area contributed by atoms with Gasteiger partial charge in [-0.3, -0.25) is 4.68 Å². The molecule has 1 heterocycles. The van der Waals surface area contributed by atoms with Gasteiger partial charge in [0.2, 0.25) is 10.0 Å². The third kappa shape index (κ3) is 6.02. The van der Waals surface area contributed by atoms with Gasteiger partial charge in [-0.15, -0.1) is 0 Å². The SMILES string of the molecule is Cc1cnn(CCNS(=O)(=O)CCCCNC2CC2)c1. The van der Waals surface area contributed by atoms with Crippen molar-refractivity contribution < 1.29 is 8.42 Å². The van der Waals surface area contributed by atoms with Gasteiger partial charge < -0.3 is 5.32 Å². The predicted octanol–water partition coefficient (Wildman–Crippen LogP) is 0.643. The van der Waals surface area contributed by atoms with E-state index in [9.17, 15) is 8.42 Å². The lowest BCUT2D eigenvalue weighted by Gasteiger charge is -2.07. The molecule has 0 aliphatic heterocycles. The van der Waals surface area contributed by atoms with Crippen molar-refractivity contribution in [2.24, 2.45) is 0 Å². The van der Waals surface area contributed by atoms with Gasteiger partial charge in [0, 0.05) is 18.8 Å². The number of nitrogens with one attached hydrogen (secondary N) is 2. The number of hydrogen-bond acceptors (Lipinski definition) is 4. The molecule has 6 nitrogen and oxygen atoms in total. The quantitative estimate of drug-likeness (QED) is 0.622. The number of hydrogen-bond donors (Lipinski definition) is 2. The van der Waals surface area contributed by atoms with Crippen LogP contribution in [0.2, 0.25) is 0 Å². The molecule has 0 radical (unpaired) electrons. The topological polar surface area (TPSA) is 76.0 Å². The number of rotatable bonds is 10. The minimum Gasteiger partial charge on any atom is -0.314 e. The Morgan fingerprint density at radius 2 is 2.15 bits per heavy atom. The molecule has 20 heavy (non-hydrogen) atoms. The molecule has 0 bridgehead atoms. The highest BCUT2D eigenvalue weighted by Crippen LogP contribution is 2.18. The van der Waals surface area contributed by atoms with E-state index in [0.29, 0.717) is 25.6 Å². The summed E-state index contributed by atoms with van der Waals surface area (Å²) >= 11 is 0. The van der Waals surface area contributed by atoms with E-state index in [4.69, 9.17) is 0 Å². The molecule has 0 amide bonds. The number of aryl methyl sites for hydroxylation is 1. The van der Waals surface area contributed by atoms with Crippen molar-refractivity contribution in [1.29, 1.82) is 0 Å². The molecule has 1 aromatic rings. The van der Waals surface area contributed by atoms with Crippen LogP contribution in [0.1, 0.15) is 31.2 Å². The molecule has 0 unspecified atom stereocenters. The average molecular weight is 300 g/mol. The number of aromatic nitrogens is 2.